The van der Waals surface area contributed by atoms with E-state index >= 15 is 0 Å². The first-order valence-electron chi connectivity index (χ1n) is 11.5. The molecule has 0 aliphatic carbocycles. The van der Waals surface area contributed by atoms with Gasteiger partial charge in [-0.05, 0) is 49.1 Å². The van der Waals surface area contributed by atoms with E-state index in [9.17, 15) is 9.59 Å². The zero-order chi connectivity index (χ0) is 24.5. The number of hydrogen-bond donors (Lipinski definition) is 0. The second kappa shape index (κ2) is 9.76. The Balaban J connectivity index is 1.56. The topological polar surface area (TPSA) is 64.8 Å². The molecule has 0 saturated carbocycles. The van der Waals surface area contributed by atoms with E-state index < -0.39 is 0 Å². The number of hydrogen-bond acceptors (Lipinski definition) is 6. The molecule has 0 spiro atoms. The highest BCUT2D eigenvalue weighted by Crippen LogP contribution is 2.31. The molecule has 176 valence electrons. The van der Waals surface area contributed by atoms with E-state index in [0.717, 1.165) is 33.3 Å². The number of thiophene rings is 1. The molecule has 0 bridgehead atoms. The molecule has 0 atom stereocenters. The summed E-state index contributed by atoms with van der Waals surface area (Å²) in [6.07, 6.45) is 2.69. The van der Waals surface area contributed by atoms with Crippen molar-refractivity contribution in [3.05, 3.63) is 99.0 Å². The quantitative estimate of drug-likeness (QED) is 0.151. The van der Waals surface area contributed by atoms with Gasteiger partial charge in [0.05, 0.1) is 17.8 Å². The molecular formula is C28H25N3O2S2. The van der Waals surface area contributed by atoms with Gasteiger partial charge >= 0.3 is 0 Å². The molecule has 5 rings (SSSR count). The Labute approximate surface area is 211 Å². The monoisotopic (exact) mass is 499 g/mol. The van der Waals surface area contributed by atoms with Crippen LogP contribution in [0.1, 0.15) is 39.5 Å². The summed E-state index contributed by atoms with van der Waals surface area (Å²) in [5.74, 6) is 0.231. The SMILES string of the molecule is CCc1ccc(Cn2c(SCC(=O)c3ccc(C)cc3C)nc3c(sc4ncccc43)c2=O)cc1. The molecule has 0 unspecified atom stereocenters. The maximum atomic E-state index is 13.7. The predicted molar refractivity (Wildman–Crippen MR) is 145 cm³/mol. The van der Waals surface area contributed by atoms with Crippen LogP contribution in [0.4, 0.5) is 0 Å². The number of benzene rings is 2. The number of Topliss-reactive ketones (excluding diaryl/α,β-unsaturated/α-hetero) is 1. The van der Waals surface area contributed by atoms with Crippen LogP contribution in [0, 0.1) is 13.8 Å². The Bertz CT molecular complexity index is 1620. The number of nitrogens with zero attached hydrogens (tertiary/aromatic N) is 3. The first kappa shape index (κ1) is 23.5. The first-order valence-corrected chi connectivity index (χ1v) is 13.3. The third kappa shape index (κ3) is 4.66. The van der Waals surface area contributed by atoms with Crippen molar-refractivity contribution in [2.45, 2.75) is 38.9 Å². The summed E-state index contributed by atoms with van der Waals surface area (Å²) in [6.45, 7) is 6.48. The van der Waals surface area contributed by atoms with E-state index in [1.807, 2.05) is 44.2 Å². The van der Waals surface area contributed by atoms with Gasteiger partial charge in [-0.2, -0.15) is 0 Å². The van der Waals surface area contributed by atoms with Crippen molar-refractivity contribution in [1.29, 1.82) is 0 Å². The number of rotatable bonds is 7. The summed E-state index contributed by atoms with van der Waals surface area (Å²) in [5, 5.41) is 1.41. The molecular weight excluding hydrogens is 474 g/mol. The van der Waals surface area contributed by atoms with Crippen LogP contribution in [0.25, 0.3) is 20.4 Å². The van der Waals surface area contributed by atoms with Crippen LogP contribution < -0.4 is 5.56 Å². The Kier molecular flexibility index (Phi) is 6.54. The molecule has 7 heteroatoms. The fourth-order valence-electron chi connectivity index (χ4n) is 4.19. The summed E-state index contributed by atoms with van der Waals surface area (Å²) in [6, 6.07) is 17.9. The molecule has 5 aromatic rings. The molecule has 0 amide bonds. The smallest absolute Gasteiger partial charge is 0.272 e. The lowest BCUT2D eigenvalue weighted by Crippen LogP contribution is -2.23. The van der Waals surface area contributed by atoms with Gasteiger partial charge in [0.25, 0.3) is 5.56 Å². The standard InChI is InChI=1S/C28H25N3O2S2/c1-4-19-8-10-20(11-9-19)15-31-27(33)25-24(22-6-5-13-29-26(22)35-25)30-28(31)34-16-23(32)21-12-7-17(2)14-18(21)3/h5-14H,4,15-16H2,1-3H3. The van der Waals surface area contributed by atoms with Crippen molar-refractivity contribution in [3.63, 3.8) is 0 Å². The average molecular weight is 500 g/mol. The van der Waals surface area contributed by atoms with Gasteiger partial charge in [-0.25, -0.2) is 9.97 Å². The normalized spacial score (nSPS) is 11.4. The number of carbonyl (C=O) groups excluding carboxylic acids is 1. The predicted octanol–water partition coefficient (Wildman–Crippen LogP) is 6.21. The van der Waals surface area contributed by atoms with E-state index in [1.54, 1.807) is 10.8 Å². The van der Waals surface area contributed by atoms with E-state index in [1.165, 1.54) is 28.7 Å². The van der Waals surface area contributed by atoms with E-state index in [4.69, 9.17) is 4.98 Å². The molecule has 2 aromatic carbocycles. The van der Waals surface area contributed by atoms with Gasteiger partial charge in [0, 0.05) is 17.1 Å². The molecule has 0 fully saturated rings. The van der Waals surface area contributed by atoms with E-state index in [2.05, 4.69) is 36.2 Å². The van der Waals surface area contributed by atoms with Gasteiger partial charge < -0.3 is 0 Å². The Morgan fingerprint density at radius 3 is 2.57 bits per heavy atom. The van der Waals surface area contributed by atoms with Crippen molar-refractivity contribution in [1.82, 2.24) is 14.5 Å². The molecule has 0 aliphatic rings. The number of aromatic nitrogens is 3. The van der Waals surface area contributed by atoms with Gasteiger partial charge in [-0.3, -0.25) is 14.2 Å². The van der Waals surface area contributed by atoms with Crippen LogP contribution >= 0.6 is 23.1 Å². The molecule has 35 heavy (non-hydrogen) atoms. The summed E-state index contributed by atoms with van der Waals surface area (Å²) in [7, 11) is 0. The molecule has 5 nitrogen and oxygen atoms in total. The summed E-state index contributed by atoms with van der Waals surface area (Å²) >= 11 is 2.69. The zero-order valence-corrected chi connectivity index (χ0v) is 21.5. The Morgan fingerprint density at radius 1 is 1.06 bits per heavy atom. The number of aryl methyl sites for hydroxylation is 3. The van der Waals surface area contributed by atoms with Gasteiger partial charge in [-0.1, -0.05) is 66.7 Å². The second-order valence-corrected chi connectivity index (χ2v) is 10.6. The lowest BCUT2D eigenvalue weighted by molar-refractivity contribution is 0.102. The van der Waals surface area contributed by atoms with E-state index in [0.29, 0.717) is 27.5 Å². The largest absolute Gasteiger partial charge is 0.293 e. The van der Waals surface area contributed by atoms with Crippen molar-refractivity contribution in [3.8, 4) is 0 Å². The third-order valence-corrected chi connectivity index (χ3v) is 8.17. The molecule has 0 N–H and O–H groups in total. The van der Waals surface area contributed by atoms with Gasteiger partial charge in [0.1, 0.15) is 9.53 Å². The van der Waals surface area contributed by atoms with Gasteiger partial charge in [0.15, 0.2) is 10.9 Å². The second-order valence-electron chi connectivity index (χ2n) is 8.62. The summed E-state index contributed by atoms with van der Waals surface area (Å²) < 4.78 is 2.28. The van der Waals surface area contributed by atoms with Crippen molar-refractivity contribution >= 4 is 49.3 Å². The lowest BCUT2D eigenvalue weighted by Gasteiger charge is -2.13. The number of thioether (sulfide) groups is 1. The molecule has 0 radical (unpaired) electrons. The fourth-order valence-corrected chi connectivity index (χ4v) is 6.09. The van der Waals surface area contributed by atoms with Crippen LogP contribution in [0.5, 0.6) is 0 Å². The average Bonchev–Trinajstić information content (AvgIpc) is 3.24. The highest BCUT2D eigenvalue weighted by Gasteiger charge is 2.19. The van der Waals surface area contributed by atoms with E-state index in [-0.39, 0.29) is 17.1 Å². The minimum Gasteiger partial charge on any atom is -0.293 e. The Morgan fingerprint density at radius 2 is 1.83 bits per heavy atom. The van der Waals surface area contributed by atoms with Crippen LogP contribution in [-0.2, 0) is 13.0 Å². The first-order chi connectivity index (χ1) is 16.9. The Hall–Kier alpha value is -3.29. The summed E-state index contributed by atoms with van der Waals surface area (Å²) in [5.41, 5.74) is 5.62. The highest BCUT2D eigenvalue weighted by atomic mass is 32.2. The maximum Gasteiger partial charge on any atom is 0.272 e. The number of carbonyl (C=O) groups is 1. The minimum atomic E-state index is -0.0981. The number of fused-ring (bicyclic) bond motifs is 3. The third-order valence-electron chi connectivity index (χ3n) is 6.10. The van der Waals surface area contributed by atoms with Crippen molar-refractivity contribution in [2.24, 2.45) is 0 Å². The van der Waals surface area contributed by atoms with Gasteiger partial charge in [0.2, 0.25) is 0 Å². The molecule has 0 aliphatic heterocycles. The van der Waals surface area contributed by atoms with Crippen molar-refractivity contribution in [2.75, 3.05) is 5.75 Å². The number of ketones is 1. The van der Waals surface area contributed by atoms with Crippen LogP contribution in [0.2, 0.25) is 0 Å². The number of pyridine rings is 1. The molecule has 0 saturated heterocycles. The summed E-state index contributed by atoms with van der Waals surface area (Å²) in [4.78, 5) is 36.8. The van der Waals surface area contributed by atoms with Crippen molar-refractivity contribution < 1.29 is 4.79 Å². The fraction of sp³-hybridized carbons (Fsp3) is 0.214. The van der Waals surface area contributed by atoms with Crippen LogP contribution in [-0.4, -0.2) is 26.1 Å². The lowest BCUT2D eigenvalue weighted by atomic mass is 10.0. The van der Waals surface area contributed by atoms with Gasteiger partial charge in [-0.15, -0.1) is 11.3 Å². The maximum absolute atomic E-state index is 13.7. The molecule has 3 aromatic heterocycles. The minimum absolute atomic E-state index is 0.0255. The van der Waals surface area contributed by atoms with Crippen LogP contribution in [0.3, 0.4) is 0 Å². The zero-order valence-electron chi connectivity index (χ0n) is 19.9. The molecule has 3 heterocycles. The highest BCUT2D eigenvalue weighted by molar-refractivity contribution is 7.99. The van der Waals surface area contributed by atoms with Crippen LogP contribution in [0.15, 0.2) is 70.7 Å².